The van der Waals surface area contributed by atoms with Crippen molar-refractivity contribution in [1.82, 2.24) is 9.55 Å². The van der Waals surface area contributed by atoms with Gasteiger partial charge in [-0.2, -0.15) is 0 Å². The summed E-state index contributed by atoms with van der Waals surface area (Å²) in [4.78, 5) is 14.7. The Balaban J connectivity index is 1.68. The van der Waals surface area contributed by atoms with Gasteiger partial charge in [-0.3, -0.25) is 0 Å². The summed E-state index contributed by atoms with van der Waals surface area (Å²) < 4.78 is 7.07. The molecular weight excluding hydrogens is 232 g/mol. The summed E-state index contributed by atoms with van der Waals surface area (Å²) in [5, 5.41) is 8.78. The van der Waals surface area contributed by atoms with E-state index in [4.69, 9.17) is 9.84 Å². The van der Waals surface area contributed by atoms with Crippen LogP contribution in [0.25, 0.3) is 0 Å². The standard InChI is InChI=1S/C13H12N2O3/c16-13(17)12-11(18-12)10-3-1-9(2-4-10)7-15-6-5-14-8-15/h1-6,8,11-12H,7H2,(H,16,17). The number of aromatic nitrogens is 2. The number of carbonyl (C=O) groups is 1. The molecule has 2 unspecified atom stereocenters. The maximum Gasteiger partial charge on any atom is 0.335 e. The van der Waals surface area contributed by atoms with Gasteiger partial charge in [-0.1, -0.05) is 24.3 Å². The first-order chi connectivity index (χ1) is 8.74. The van der Waals surface area contributed by atoms with Crippen LogP contribution in [0.4, 0.5) is 0 Å². The van der Waals surface area contributed by atoms with E-state index in [-0.39, 0.29) is 6.10 Å². The molecule has 0 amide bonds. The fraction of sp³-hybridized carbons (Fsp3) is 0.231. The molecule has 0 aliphatic carbocycles. The monoisotopic (exact) mass is 244 g/mol. The van der Waals surface area contributed by atoms with Gasteiger partial charge in [0.15, 0.2) is 6.10 Å². The first kappa shape index (κ1) is 11.0. The van der Waals surface area contributed by atoms with E-state index in [0.29, 0.717) is 0 Å². The van der Waals surface area contributed by atoms with Gasteiger partial charge in [0.05, 0.1) is 6.33 Å². The Hall–Kier alpha value is -2.14. The molecule has 1 N–H and O–H groups in total. The lowest BCUT2D eigenvalue weighted by Gasteiger charge is -2.03. The van der Waals surface area contributed by atoms with E-state index in [1.807, 2.05) is 35.0 Å². The largest absolute Gasteiger partial charge is 0.479 e. The van der Waals surface area contributed by atoms with Crippen LogP contribution in [0.1, 0.15) is 17.2 Å². The Morgan fingerprint density at radius 2 is 2.17 bits per heavy atom. The fourth-order valence-corrected chi connectivity index (χ4v) is 1.96. The zero-order chi connectivity index (χ0) is 12.5. The zero-order valence-corrected chi connectivity index (χ0v) is 9.56. The van der Waals surface area contributed by atoms with Crippen molar-refractivity contribution in [3.8, 4) is 0 Å². The highest BCUT2D eigenvalue weighted by molar-refractivity contribution is 5.76. The Labute approximate surface area is 104 Å². The molecule has 3 rings (SSSR count). The Morgan fingerprint density at radius 3 is 2.72 bits per heavy atom. The van der Waals surface area contributed by atoms with Crippen molar-refractivity contribution >= 4 is 5.97 Å². The van der Waals surface area contributed by atoms with Gasteiger partial charge in [-0.05, 0) is 11.1 Å². The predicted octanol–water partition coefficient (Wildman–Crippen LogP) is 1.46. The van der Waals surface area contributed by atoms with Gasteiger partial charge < -0.3 is 14.4 Å². The smallest absolute Gasteiger partial charge is 0.335 e. The molecule has 2 atom stereocenters. The Bertz CT molecular complexity index is 548. The Kier molecular flexibility index (Phi) is 2.60. The molecule has 1 aromatic heterocycles. The number of imidazole rings is 1. The first-order valence-corrected chi connectivity index (χ1v) is 5.67. The highest BCUT2D eigenvalue weighted by Crippen LogP contribution is 2.38. The molecule has 1 aliphatic heterocycles. The molecule has 1 saturated heterocycles. The van der Waals surface area contributed by atoms with Crippen molar-refractivity contribution < 1.29 is 14.6 Å². The zero-order valence-electron chi connectivity index (χ0n) is 9.56. The topological polar surface area (TPSA) is 67.7 Å². The summed E-state index contributed by atoms with van der Waals surface area (Å²) in [5.41, 5.74) is 2.06. The molecule has 2 aromatic rings. The Morgan fingerprint density at radius 1 is 1.39 bits per heavy atom. The number of ether oxygens (including phenoxy) is 1. The number of hydrogen-bond acceptors (Lipinski definition) is 3. The van der Waals surface area contributed by atoms with Crippen molar-refractivity contribution in [1.29, 1.82) is 0 Å². The second kappa shape index (κ2) is 4.27. The normalized spacial score (nSPS) is 21.8. The van der Waals surface area contributed by atoms with E-state index >= 15 is 0 Å². The first-order valence-electron chi connectivity index (χ1n) is 5.67. The van der Waals surface area contributed by atoms with E-state index < -0.39 is 12.1 Å². The van der Waals surface area contributed by atoms with Crippen LogP contribution in [0.2, 0.25) is 0 Å². The van der Waals surface area contributed by atoms with Crippen LogP contribution < -0.4 is 0 Å². The van der Waals surface area contributed by atoms with Gasteiger partial charge in [0.2, 0.25) is 0 Å². The van der Waals surface area contributed by atoms with Gasteiger partial charge in [0.1, 0.15) is 6.10 Å². The molecule has 0 spiro atoms. The van der Waals surface area contributed by atoms with Gasteiger partial charge >= 0.3 is 5.97 Å². The quantitative estimate of drug-likeness (QED) is 0.827. The SMILES string of the molecule is O=C(O)C1OC1c1ccc(Cn2ccnc2)cc1. The number of aliphatic carboxylic acids is 1. The lowest BCUT2D eigenvalue weighted by molar-refractivity contribution is -0.138. The molecule has 1 aromatic carbocycles. The molecule has 1 aliphatic rings. The van der Waals surface area contributed by atoms with Crippen LogP contribution in [-0.2, 0) is 16.1 Å². The molecule has 1 fully saturated rings. The average Bonchev–Trinajstić information content (AvgIpc) is 3.02. The molecule has 5 heteroatoms. The molecular formula is C13H12N2O3. The third kappa shape index (κ3) is 2.12. The van der Waals surface area contributed by atoms with Crippen molar-refractivity contribution in [3.63, 3.8) is 0 Å². The maximum atomic E-state index is 10.7. The number of benzene rings is 1. The van der Waals surface area contributed by atoms with Crippen molar-refractivity contribution in [3.05, 3.63) is 54.1 Å². The maximum absolute atomic E-state index is 10.7. The van der Waals surface area contributed by atoms with Gasteiger partial charge in [-0.25, -0.2) is 9.78 Å². The van der Waals surface area contributed by atoms with Crippen molar-refractivity contribution in [2.45, 2.75) is 18.8 Å². The molecule has 5 nitrogen and oxygen atoms in total. The predicted molar refractivity (Wildman–Crippen MR) is 63.0 cm³/mol. The van der Waals surface area contributed by atoms with Crippen LogP contribution in [0, 0.1) is 0 Å². The molecule has 2 heterocycles. The summed E-state index contributed by atoms with van der Waals surface area (Å²) in [7, 11) is 0. The van der Waals surface area contributed by atoms with Crippen molar-refractivity contribution in [2.24, 2.45) is 0 Å². The second-order valence-corrected chi connectivity index (χ2v) is 4.29. The number of rotatable bonds is 4. The number of epoxide rings is 1. The van der Waals surface area contributed by atoms with E-state index in [2.05, 4.69) is 4.98 Å². The fourth-order valence-electron chi connectivity index (χ4n) is 1.96. The molecule has 0 saturated carbocycles. The average molecular weight is 244 g/mol. The molecule has 92 valence electrons. The highest BCUT2D eigenvalue weighted by atomic mass is 16.6. The number of carboxylic acid groups (broad SMARTS) is 1. The summed E-state index contributed by atoms with van der Waals surface area (Å²) in [5.74, 6) is -0.900. The van der Waals surface area contributed by atoms with E-state index in [9.17, 15) is 4.79 Å². The molecule has 0 bridgehead atoms. The van der Waals surface area contributed by atoms with E-state index in [0.717, 1.165) is 17.7 Å². The van der Waals surface area contributed by atoms with Crippen molar-refractivity contribution in [2.75, 3.05) is 0 Å². The number of carboxylic acids is 1. The minimum atomic E-state index is -0.900. The summed E-state index contributed by atoms with van der Waals surface area (Å²) in [6, 6.07) is 7.80. The van der Waals surface area contributed by atoms with Gasteiger partial charge in [-0.15, -0.1) is 0 Å². The summed E-state index contributed by atoms with van der Waals surface area (Å²) >= 11 is 0. The number of hydrogen-bond donors (Lipinski definition) is 1. The molecule has 18 heavy (non-hydrogen) atoms. The second-order valence-electron chi connectivity index (χ2n) is 4.29. The van der Waals surface area contributed by atoms with Crippen LogP contribution in [-0.4, -0.2) is 26.7 Å². The van der Waals surface area contributed by atoms with Gasteiger partial charge in [0.25, 0.3) is 0 Å². The summed E-state index contributed by atoms with van der Waals surface area (Å²) in [6.45, 7) is 0.758. The third-order valence-corrected chi connectivity index (χ3v) is 2.97. The van der Waals surface area contributed by atoms with Crippen LogP contribution >= 0.6 is 0 Å². The van der Waals surface area contributed by atoms with Crippen LogP contribution in [0.3, 0.4) is 0 Å². The van der Waals surface area contributed by atoms with Gasteiger partial charge in [0, 0.05) is 18.9 Å². The minimum absolute atomic E-state index is 0.287. The number of nitrogens with zero attached hydrogens (tertiary/aromatic N) is 2. The lowest BCUT2D eigenvalue weighted by Crippen LogP contribution is -2.05. The minimum Gasteiger partial charge on any atom is -0.479 e. The summed E-state index contributed by atoms with van der Waals surface area (Å²) in [6.07, 6.45) is 4.44. The third-order valence-electron chi connectivity index (χ3n) is 2.97. The van der Waals surface area contributed by atoms with E-state index in [1.54, 1.807) is 12.5 Å². The van der Waals surface area contributed by atoms with Crippen LogP contribution in [0.15, 0.2) is 43.0 Å². The van der Waals surface area contributed by atoms with E-state index in [1.165, 1.54) is 0 Å². The lowest BCUT2D eigenvalue weighted by atomic mass is 10.1. The highest BCUT2D eigenvalue weighted by Gasteiger charge is 2.46. The molecule has 0 radical (unpaired) electrons. The van der Waals surface area contributed by atoms with Crippen LogP contribution in [0.5, 0.6) is 0 Å².